The molecule has 2 aromatic carbocycles. The average molecular weight is 380 g/mol. The summed E-state index contributed by atoms with van der Waals surface area (Å²) >= 11 is 0. The number of ketones is 1. The fourth-order valence-corrected chi connectivity index (χ4v) is 2.95. The summed E-state index contributed by atoms with van der Waals surface area (Å²) < 4.78 is 11.3. The minimum atomic E-state index is -0.712. The van der Waals surface area contributed by atoms with Crippen LogP contribution in [-0.2, 0) is 9.47 Å². The molecule has 0 radical (unpaired) electrons. The molecule has 1 aromatic heterocycles. The van der Waals surface area contributed by atoms with E-state index < -0.39 is 18.0 Å². The Morgan fingerprint density at radius 1 is 0.893 bits per heavy atom. The summed E-state index contributed by atoms with van der Waals surface area (Å²) in [5.74, 6) is -0.420. The van der Waals surface area contributed by atoms with E-state index in [2.05, 4.69) is 5.32 Å². The van der Waals surface area contributed by atoms with Gasteiger partial charge in [0.1, 0.15) is 5.69 Å². The van der Waals surface area contributed by atoms with Crippen LogP contribution in [0.3, 0.4) is 0 Å². The molecule has 28 heavy (non-hydrogen) atoms. The number of aromatic nitrogens is 1. The fraction of sp³-hybridized carbons (Fsp3) is 0.190. The Morgan fingerprint density at radius 2 is 1.54 bits per heavy atom. The van der Waals surface area contributed by atoms with Crippen LogP contribution in [0.15, 0.2) is 54.6 Å². The van der Waals surface area contributed by atoms with E-state index in [1.165, 1.54) is 4.57 Å². The SMILES string of the molecule is CCOC(=O)Nc1c(C(=O)c2ccccc2)n(C(=O)OCC)c2ccccc12. The van der Waals surface area contributed by atoms with Gasteiger partial charge >= 0.3 is 12.2 Å². The quantitative estimate of drug-likeness (QED) is 0.661. The molecule has 3 rings (SSSR count). The zero-order valence-corrected chi connectivity index (χ0v) is 15.6. The number of amides is 1. The smallest absolute Gasteiger partial charge is 0.419 e. The van der Waals surface area contributed by atoms with Gasteiger partial charge in [-0.15, -0.1) is 0 Å². The standard InChI is InChI=1S/C21H20N2O5/c1-3-27-20(25)22-17-15-12-8-9-13-16(15)23(21(26)28-4-2)18(17)19(24)14-10-6-5-7-11-14/h5-13H,3-4H2,1-2H3,(H,22,25). The number of hydrogen-bond donors (Lipinski definition) is 1. The summed E-state index contributed by atoms with van der Waals surface area (Å²) in [6.45, 7) is 3.67. The van der Waals surface area contributed by atoms with Gasteiger partial charge in [0.25, 0.3) is 0 Å². The minimum Gasteiger partial charge on any atom is -0.450 e. The van der Waals surface area contributed by atoms with Crippen molar-refractivity contribution in [3.8, 4) is 0 Å². The first-order valence-electron chi connectivity index (χ1n) is 8.92. The number of rotatable bonds is 5. The van der Waals surface area contributed by atoms with Crippen molar-refractivity contribution in [3.05, 3.63) is 65.9 Å². The maximum Gasteiger partial charge on any atom is 0.419 e. The molecule has 7 heteroatoms. The number of para-hydroxylation sites is 1. The fourth-order valence-electron chi connectivity index (χ4n) is 2.95. The molecule has 1 heterocycles. The summed E-state index contributed by atoms with van der Waals surface area (Å²) in [6, 6.07) is 15.4. The van der Waals surface area contributed by atoms with Gasteiger partial charge in [-0.3, -0.25) is 10.1 Å². The Kier molecular flexibility index (Phi) is 5.74. The van der Waals surface area contributed by atoms with Gasteiger partial charge in [-0.25, -0.2) is 14.2 Å². The van der Waals surface area contributed by atoms with E-state index in [1.54, 1.807) is 68.4 Å². The molecule has 0 fully saturated rings. The molecule has 1 amide bonds. The van der Waals surface area contributed by atoms with Crippen LogP contribution in [0.5, 0.6) is 0 Å². The molecule has 0 aliphatic heterocycles. The summed E-state index contributed by atoms with van der Waals surface area (Å²) in [5, 5.41) is 3.14. The molecule has 0 atom stereocenters. The highest BCUT2D eigenvalue weighted by Crippen LogP contribution is 2.33. The van der Waals surface area contributed by atoms with E-state index in [0.29, 0.717) is 16.5 Å². The normalized spacial score (nSPS) is 10.5. The number of nitrogens with zero attached hydrogens (tertiary/aromatic N) is 1. The summed E-state index contributed by atoms with van der Waals surface area (Å²) in [4.78, 5) is 38.1. The summed E-state index contributed by atoms with van der Waals surface area (Å²) in [7, 11) is 0. The lowest BCUT2D eigenvalue weighted by Crippen LogP contribution is -2.22. The minimum absolute atomic E-state index is 0.0129. The van der Waals surface area contributed by atoms with E-state index >= 15 is 0 Å². The van der Waals surface area contributed by atoms with Crippen molar-refractivity contribution in [1.82, 2.24) is 4.57 Å². The molecule has 0 saturated carbocycles. The topological polar surface area (TPSA) is 86.6 Å². The van der Waals surface area contributed by atoms with E-state index in [9.17, 15) is 14.4 Å². The number of anilines is 1. The van der Waals surface area contributed by atoms with E-state index in [0.717, 1.165) is 0 Å². The van der Waals surface area contributed by atoms with Crippen molar-refractivity contribution in [2.75, 3.05) is 18.5 Å². The molecule has 0 spiro atoms. The van der Waals surface area contributed by atoms with E-state index in [-0.39, 0.29) is 24.6 Å². The van der Waals surface area contributed by atoms with Crippen LogP contribution in [0.1, 0.15) is 29.9 Å². The third kappa shape index (κ3) is 3.59. The molecule has 7 nitrogen and oxygen atoms in total. The van der Waals surface area contributed by atoms with Gasteiger partial charge in [0, 0.05) is 10.9 Å². The highest BCUT2D eigenvalue weighted by molar-refractivity contribution is 6.20. The maximum absolute atomic E-state index is 13.3. The third-order valence-electron chi connectivity index (χ3n) is 4.08. The van der Waals surface area contributed by atoms with Crippen LogP contribution < -0.4 is 5.32 Å². The summed E-state index contributed by atoms with van der Waals surface area (Å²) in [6.07, 6.45) is -1.41. The molecule has 0 unspecified atom stereocenters. The molecule has 144 valence electrons. The zero-order valence-electron chi connectivity index (χ0n) is 15.6. The first-order chi connectivity index (χ1) is 13.6. The first-order valence-corrected chi connectivity index (χ1v) is 8.92. The van der Waals surface area contributed by atoms with Crippen molar-refractivity contribution in [2.24, 2.45) is 0 Å². The second kappa shape index (κ2) is 8.39. The zero-order chi connectivity index (χ0) is 20.1. The number of carbonyl (C=O) groups excluding carboxylic acids is 3. The van der Waals surface area contributed by atoms with Crippen molar-refractivity contribution in [1.29, 1.82) is 0 Å². The third-order valence-corrected chi connectivity index (χ3v) is 4.08. The molecule has 1 N–H and O–H groups in total. The van der Waals surface area contributed by atoms with Gasteiger partial charge in [0.05, 0.1) is 24.4 Å². The Balaban J connectivity index is 2.27. The highest BCUT2D eigenvalue weighted by atomic mass is 16.6. The Bertz CT molecular complexity index is 1020. The van der Waals surface area contributed by atoms with Crippen LogP contribution in [0, 0.1) is 0 Å². The Morgan fingerprint density at radius 3 is 2.21 bits per heavy atom. The number of nitrogens with one attached hydrogen (secondary N) is 1. The number of carbonyl (C=O) groups is 3. The van der Waals surface area contributed by atoms with Gasteiger partial charge in [-0.1, -0.05) is 48.5 Å². The van der Waals surface area contributed by atoms with Gasteiger partial charge in [0.2, 0.25) is 5.78 Å². The summed E-state index contributed by atoms with van der Waals surface area (Å²) in [5.41, 5.74) is 1.05. The largest absolute Gasteiger partial charge is 0.450 e. The molecule has 3 aromatic rings. The first kappa shape index (κ1) is 19.2. The lowest BCUT2D eigenvalue weighted by molar-refractivity contribution is 0.102. The number of ether oxygens (including phenoxy) is 2. The molecular weight excluding hydrogens is 360 g/mol. The molecule has 0 aliphatic rings. The monoisotopic (exact) mass is 380 g/mol. The van der Waals surface area contributed by atoms with Crippen LogP contribution in [-0.4, -0.2) is 35.8 Å². The molecule has 0 aliphatic carbocycles. The van der Waals surface area contributed by atoms with Crippen molar-refractivity contribution in [2.45, 2.75) is 13.8 Å². The molecule has 0 saturated heterocycles. The second-order valence-corrected chi connectivity index (χ2v) is 5.82. The number of hydrogen-bond acceptors (Lipinski definition) is 5. The van der Waals surface area contributed by atoms with Gasteiger partial charge < -0.3 is 9.47 Å². The maximum atomic E-state index is 13.3. The van der Waals surface area contributed by atoms with Crippen LogP contribution in [0.4, 0.5) is 15.3 Å². The van der Waals surface area contributed by atoms with Crippen molar-refractivity contribution >= 4 is 34.6 Å². The lowest BCUT2D eigenvalue weighted by atomic mass is 10.1. The predicted molar refractivity (Wildman–Crippen MR) is 105 cm³/mol. The van der Waals surface area contributed by atoms with Crippen LogP contribution >= 0.6 is 0 Å². The Labute approximate surface area is 161 Å². The van der Waals surface area contributed by atoms with Crippen molar-refractivity contribution < 1.29 is 23.9 Å². The van der Waals surface area contributed by atoms with Crippen LogP contribution in [0.25, 0.3) is 10.9 Å². The van der Waals surface area contributed by atoms with Gasteiger partial charge in [-0.2, -0.15) is 0 Å². The Hall–Kier alpha value is -3.61. The lowest BCUT2D eigenvalue weighted by Gasteiger charge is -2.11. The van der Waals surface area contributed by atoms with Gasteiger partial charge in [0.15, 0.2) is 0 Å². The number of benzene rings is 2. The van der Waals surface area contributed by atoms with E-state index in [1.807, 2.05) is 0 Å². The molecular formula is C21H20N2O5. The van der Waals surface area contributed by atoms with Crippen molar-refractivity contribution in [3.63, 3.8) is 0 Å². The number of fused-ring (bicyclic) bond motifs is 1. The van der Waals surface area contributed by atoms with E-state index in [4.69, 9.17) is 9.47 Å². The predicted octanol–water partition coefficient (Wildman–Crippen LogP) is 4.45. The average Bonchev–Trinajstić information content (AvgIpc) is 3.03. The second-order valence-electron chi connectivity index (χ2n) is 5.82. The highest BCUT2D eigenvalue weighted by Gasteiger charge is 2.28. The van der Waals surface area contributed by atoms with Crippen LogP contribution in [0.2, 0.25) is 0 Å². The molecule has 0 bridgehead atoms. The van der Waals surface area contributed by atoms with Gasteiger partial charge in [-0.05, 0) is 19.9 Å².